The topological polar surface area (TPSA) is 83.1 Å². The monoisotopic (exact) mass is 398 g/mol. The predicted octanol–water partition coefficient (Wildman–Crippen LogP) is 4.39. The Kier molecular flexibility index (Phi) is 6.30. The average Bonchev–Trinajstić information content (AvgIpc) is 3.03. The molecule has 0 amide bonds. The molecule has 7 nitrogen and oxygen atoms in total. The summed E-state index contributed by atoms with van der Waals surface area (Å²) in [5.74, 6) is 1.38. The molecule has 1 aromatic heterocycles. The number of ether oxygens (including phenoxy) is 1. The van der Waals surface area contributed by atoms with Gasteiger partial charge in [-0.1, -0.05) is 47.7 Å². The minimum Gasteiger partial charge on any atom is -0.494 e. The van der Waals surface area contributed by atoms with Crippen LogP contribution in [0.1, 0.15) is 29.1 Å². The van der Waals surface area contributed by atoms with E-state index in [0.717, 1.165) is 22.6 Å². The fraction of sp³-hybridized carbons (Fsp3) is 0.300. The second kappa shape index (κ2) is 8.88. The summed E-state index contributed by atoms with van der Waals surface area (Å²) >= 11 is 1.32. The van der Waals surface area contributed by atoms with Crippen LogP contribution >= 0.6 is 11.8 Å². The zero-order chi connectivity index (χ0) is 20.1. The van der Waals surface area contributed by atoms with Gasteiger partial charge in [0.1, 0.15) is 16.8 Å². The van der Waals surface area contributed by atoms with E-state index >= 15 is 0 Å². The van der Waals surface area contributed by atoms with Crippen molar-refractivity contribution >= 4 is 11.8 Å². The number of hydrogen-bond acceptors (Lipinski definition) is 6. The number of rotatable bonds is 8. The number of hydrogen-bond donors (Lipinski definition) is 0. The fourth-order valence-electron chi connectivity index (χ4n) is 2.91. The van der Waals surface area contributed by atoms with Crippen molar-refractivity contribution < 1.29 is 9.66 Å². The Hall–Kier alpha value is -2.87. The van der Waals surface area contributed by atoms with E-state index in [2.05, 4.69) is 10.2 Å². The Bertz CT molecular complexity index is 956. The summed E-state index contributed by atoms with van der Waals surface area (Å²) in [5.41, 5.74) is 2.86. The van der Waals surface area contributed by atoms with Gasteiger partial charge in [-0.05, 0) is 39.0 Å². The van der Waals surface area contributed by atoms with Gasteiger partial charge in [0.2, 0.25) is 6.54 Å². The molecule has 2 aromatic carbocycles. The molecule has 0 bridgehead atoms. The number of para-hydroxylation sites is 1. The summed E-state index contributed by atoms with van der Waals surface area (Å²) in [6.07, 6.45) is 0. The van der Waals surface area contributed by atoms with Crippen molar-refractivity contribution in [2.75, 3.05) is 13.2 Å². The van der Waals surface area contributed by atoms with Crippen LogP contribution in [-0.2, 0) is 0 Å². The Morgan fingerprint density at radius 1 is 1.14 bits per heavy atom. The zero-order valence-corrected chi connectivity index (χ0v) is 16.8. The second-order valence-corrected chi connectivity index (χ2v) is 7.46. The second-order valence-electron chi connectivity index (χ2n) is 6.29. The first-order valence-electron chi connectivity index (χ1n) is 8.98. The predicted molar refractivity (Wildman–Crippen MR) is 109 cm³/mol. The first kappa shape index (κ1) is 19.9. The molecule has 3 aromatic rings. The molecule has 0 spiro atoms. The standard InChI is InChI=1S/C20H22N4O3S/c1-4-27-18-8-6-5-7-17(18)19(13-23(25)26)28-20-22-21-15(3)24(20)16-11-9-14(2)10-12-16/h5-12,19H,4,13H2,1-3H3/t19-/m0/s1. The van der Waals surface area contributed by atoms with Gasteiger partial charge in [0, 0.05) is 16.2 Å². The number of aryl methyl sites for hydroxylation is 2. The Morgan fingerprint density at radius 2 is 1.86 bits per heavy atom. The van der Waals surface area contributed by atoms with Crippen LogP contribution in [0.2, 0.25) is 0 Å². The van der Waals surface area contributed by atoms with Crippen LogP contribution in [0.4, 0.5) is 0 Å². The van der Waals surface area contributed by atoms with Gasteiger partial charge >= 0.3 is 0 Å². The van der Waals surface area contributed by atoms with Crippen molar-refractivity contribution in [3.05, 3.63) is 75.6 Å². The van der Waals surface area contributed by atoms with Gasteiger partial charge in [0.15, 0.2) is 5.16 Å². The van der Waals surface area contributed by atoms with E-state index in [1.165, 1.54) is 11.8 Å². The molecule has 0 aliphatic rings. The lowest BCUT2D eigenvalue weighted by molar-refractivity contribution is -0.479. The molecule has 0 N–H and O–H groups in total. The van der Waals surface area contributed by atoms with Crippen LogP contribution in [0.25, 0.3) is 5.69 Å². The molecule has 0 aliphatic carbocycles. The van der Waals surface area contributed by atoms with Gasteiger partial charge in [-0.15, -0.1) is 10.2 Å². The largest absolute Gasteiger partial charge is 0.494 e. The lowest BCUT2D eigenvalue weighted by atomic mass is 10.1. The lowest BCUT2D eigenvalue weighted by Crippen LogP contribution is -2.12. The molecular formula is C20H22N4O3S. The van der Waals surface area contributed by atoms with Crippen molar-refractivity contribution in [3.8, 4) is 11.4 Å². The summed E-state index contributed by atoms with van der Waals surface area (Å²) in [6.45, 7) is 6.04. The lowest BCUT2D eigenvalue weighted by Gasteiger charge is -2.17. The molecule has 0 fully saturated rings. The van der Waals surface area contributed by atoms with E-state index < -0.39 is 5.25 Å². The van der Waals surface area contributed by atoms with E-state index in [0.29, 0.717) is 17.5 Å². The number of aromatic nitrogens is 3. The zero-order valence-electron chi connectivity index (χ0n) is 16.0. The van der Waals surface area contributed by atoms with Crippen LogP contribution in [0.5, 0.6) is 5.75 Å². The highest BCUT2D eigenvalue weighted by molar-refractivity contribution is 7.99. The molecule has 1 atom stereocenters. The third-order valence-electron chi connectivity index (χ3n) is 4.22. The van der Waals surface area contributed by atoms with Crippen molar-refractivity contribution in [3.63, 3.8) is 0 Å². The van der Waals surface area contributed by atoms with E-state index in [-0.39, 0.29) is 11.5 Å². The van der Waals surface area contributed by atoms with Crippen LogP contribution < -0.4 is 4.74 Å². The Balaban J connectivity index is 1.99. The molecule has 0 radical (unpaired) electrons. The molecular weight excluding hydrogens is 376 g/mol. The Morgan fingerprint density at radius 3 is 2.54 bits per heavy atom. The molecule has 3 rings (SSSR count). The third kappa shape index (κ3) is 4.51. The summed E-state index contributed by atoms with van der Waals surface area (Å²) in [6, 6.07) is 15.4. The molecule has 8 heteroatoms. The maximum Gasteiger partial charge on any atom is 0.220 e. The quantitative estimate of drug-likeness (QED) is 0.318. The van der Waals surface area contributed by atoms with Crippen molar-refractivity contribution in [1.82, 2.24) is 14.8 Å². The van der Waals surface area contributed by atoms with Gasteiger partial charge in [0.05, 0.1) is 6.61 Å². The van der Waals surface area contributed by atoms with E-state index in [1.807, 2.05) is 73.9 Å². The SMILES string of the molecule is CCOc1ccccc1[C@H](C[N+](=O)[O-])Sc1nnc(C)n1-c1ccc(C)cc1. The fourth-order valence-corrected chi connectivity index (χ4v) is 4.11. The van der Waals surface area contributed by atoms with E-state index in [9.17, 15) is 10.1 Å². The number of nitrogens with zero attached hydrogens (tertiary/aromatic N) is 4. The van der Waals surface area contributed by atoms with Gasteiger partial charge in [-0.25, -0.2) is 0 Å². The van der Waals surface area contributed by atoms with Gasteiger partial charge < -0.3 is 4.74 Å². The van der Waals surface area contributed by atoms with Crippen LogP contribution in [0, 0.1) is 24.0 Å². The number of thioether (sulfide) groups is 1. The molecule has 1 heterocycles. The first-order valence-corrected chi connectivity index (χ1v) is 9.86. The van der Waals surface area contributed by atoms with Gasteiger partial charge in [0.25, 0.3) is 0 Å². The van der Waals surface area contributed by atoms with E-state index in [1.54, 1.807) is 0 Å². The van der Waals surface area contributed by atoms with Crippen LogP contribution in [0.15, 0.2) is 53.7 Å². The van der Waals surface area contributed by atoms with Crippen molar-refractivity contribution in [1.29, 1.82) is 0 Å². The van der Waals surface area contributed by atoms with Crippen molar-refractivity contribution in [2.45, 2.75) is 31.2 Å². The smallest absolute Gasteiger partial charge is 0.220 e. The van der Waals surface area contributed by atoms with Gasteiger partial charge in [-0.2, -0.15) is 0 Å². The molecule has 0 aliphatic heterocycles. The highest BCUT2D eigenvalue weighted by atomic mass is 32.2. The highest BCUT2D eigenvalue weighted by Crippen LogP contribution is 2.39. The van der Waals surface area contributed by atoms with Gasteiger partial charge in [-0.3, -0.25) is 14.7 Å². The molecule has 146 valence electrons. The van der Waals surface area contributed by atoms with Crippen LogP contribution in [0.3, 0.4) is 0 Å². The number of nitro groups is 1. The first-order chi connectivity index (χ1) is 13.5. The van der Waals surface area contributed by atoms with Crippen molar-refractivity contribution in [2.24, 2.45) is 0 Å². The molecule has 0 saturated carbocycles. The normalized spacial score (nSPS) is 12.0. The highest BCUT2D eigenvalue weighted by Gasteiger charge is 2.26. The van der Waals surface area contributed by atoms with E-state index in [4.69, 9.17) is 4.74 Å². The molecule has 0 saturated heterocycles. The summed E-state index contributed by atoms with van der Waals surface area (Å²) < 4.78 is 7.61. The maximum absolute atomic E-state index is 11.3. The molecule has 0 unspecified atom stereocenters. The van der Waals surface area contributed by atoms with Crippen LogP contribution in [-0.4, -0.2) is 32.8 Å². The number of benzene rings is 2. The molecule has 28 heavy (non-hydrogen) atoms. The third-order valence-corrected chi connectivity index (χ3v) is 5.38. The minimum absolute atomic E-state index is 0.242. The summed E-state index contributed by atoms with van der Waals surface area (Å²) in [7, 11) is 0. The summed E-state index contributed by atoms with van der Waals surface area (Å²) in [4.78, 5) is 11.0. The summed E-state index contributed by atoms with van der Waals surface area (Å²) in [5, 5.41) is 20.0. The Labute approximate surface area is 167 Å². The minimum atomic E-state index is -0.453. The average molecular weight is 398 g/mol. The maximum atomic E-state index is 11.3.